The van der Waals surface area contributed by atoms with Crippen molar-refractivity contribution in [2.24, 2.45) is 5.41 Å². The molecule has 0 spiro atoms. The van der Waals surface area contributed by atoms with E-state index >= 15 is 0 Å². The highest BCUT2D eigenvalue weighted by Gasteiger charge is 2.38. The normalized spacial score (nSPS) is 15.8. The van der Waals surface area contributed by atoms with Gasteiger partial charge in [-0.1, -0.05) is 61.4 Å². The summed E-state index contributed by atoms with van der Waals surface area (Å²) in [4.78, 5) is 12.9. The number of carbonyl (C=O) groups is 1. The number of aliphatic hydroxyl groups excluding tert-OH is 1. The van der Waals surface area contributed by atoms with Crippen molar-refractivity contribution in [3.8, 4) is 11.5 Å². The molecule has 8 nitrogen and oxygen atoms in total. The molecule has 1 unspecified atom stereocenters. The molecule has 8 heteroatoms. The van der Waals surface area contributed by atoms with Gasteiger partial charge in [0, 0.05) is 24.2 Å². The average molecular weight is 539 g/mol. The Balaban J connectivity index is 1.53. The summed E-state index contributed by atoms with van der Waals surface area (Å²) in [5.41, 5.74) is 2.43. The zero-order chi connectivity index (χ0) is 28.2. The third-order valence-electron chi connectivity index (χ3n) is 6.76. The van der Waals surface area contributed by atoms with Crippen molar-refractivity contribution in [1.29, 1.82) is 0 Å². The van der Waals surface area contributed by atoms with Gasteiger partial charge in [0.2, 0.25) is 0 Å². The summed E-state index contributed by atoms with van der Waals surface area (Å²) in [6.07, 6.45) is 2.91. The fourth-order valence-electron chi connectivity index (χ4n) is 4.62. The molecule has 1 aliphatic rings. The lowest BCUT2D eigenvalue weighted by molar-refractivity contribution is -0.155. The van der Waals surface area contributed by atoms with Crippen molar-refractivity contribution in [3.63, 3.8) is 0 Å². The second-order valence-electron chi connectivity index (χ2n) is 12.6. The minimum Gasteiger partial charge on any atom is -0.460 e. The molecular weight excluding hydrogens is 496 g/mol. The quantitative estimate of drug-likeness (QED) is 0.192. The molecule has 2 heterocycles. The fourth-order valence-corrected chi connectivity index (χ4v) is 4.62. The number of hydrogen-bond donors (Lipinski definition) is 1. The van der Waals surface area contributed by atoms with Crippen molar-refractivity contribution in [1.82, 2.24) is 10.3 Å². The molecule has 212 valence electrons. The maximum atomic E-state index is 12.9. The zero-order valence-corrected chi connectivity index (χ0v) is 24.0. The third kappa shape index (κ3) is 8.02. The van der Waals surface area contributed by atoms with E-state index in [0.29, 0.717) is 42.8 Å². The summed E-state index contributed by atoms with van der Waals surface area (Å²) in [5.74, 6) is 0.793. The topological polar surface area (TPSA) is 108 Å². The van der Waals surface area contributed by atoms with Crippen LogP contribution in [0.4, 0.5) is 0 Å². The smallest absolute Gasteiger partial charge is 0.306 e. The highest BCUT2D eigenvalue weighted by molar-refractivity contribution is 5.71. The first-order valence-corrected chi connectivity index (χ1v) is 13.9. The highest BCUT2D eigenvalue weighted by Crippen LogP contribution is 2.49. The standard InChI is InChI=1S/C31H42N2O6/c1-30(2,3)29(35)24-18-23(32-38-24)28-26(21-14-15-21)27(33-39-28)22(17-25(34)37-31(4,5)6)13-10-16-36-19-20-11-8-7-9-12-20/h7-9,11-12,18,21-22,29,35H,10,13-17,19H2,1-6H3/t22-,29?/m0/s1. The predicted octanol–water partition coefficient (Wildman–Crippen LogP) is 7.10. The Hall–Kier alpha value is -2.97. The van der Waals surface area contributed by atoms with E-state index in [9.17, 15) is 9.90 Å². The third-order valence-corrected chi connectivity index (χ3v) is 6.76. The minimum absolute atomic E-state index is 0.181. The second kappa shape index (κ2) is 12.0. The Morgan fingerprint density at radius 1 is 1.08 bits per heavy atom. The number of esters is 1. The predicted molar refractivity (Wildman–Crippen MR) is 147 cm³/mol. The van der Waals surface area contributed by atoms with Crippen LogP contribution >= 0.6 is 0 Å². The summed E-state index contributed by atoms with van der Waals surface area (Å²) in [5, 5.41) is 19.4. The molecule has 1 aromatic carbocycles. The van der Waals surface area contributed by atoms with E-state index in [1.807, 2.05) is 71.9 Å². The molecule has 1 N–H and O–H groups in total. The van der Waals surface area contributed by atoms with Crippen LogP contribution in [0.15, 0.2) is 45.4 Å². The van der Waals surface area contributed by atoms with Gasteiger partial charge in [0.15, 0.2) is 17.2 Å². The number of benzene rings is 1. The molecule has 3 aromatic rings. The number of ether oxygens (including phenoxy) is 2. The van der Waals surface area contributed by atoms with E-state index in [-0.39, 0.29) is 18.3 Å². The van der Waals surface area contributed by atoms with Crippen molar-refractivity contribution in [2.75, 3.05) is 6.61 Å². The number of rotatable bonds is 12. The van der Waals surface area contributed by atoms with Crippen LogP contribution in [0.25, 0.3) is 11.5 Å². The van der Waals surface area contributed by atoms with Crippen LogP contribution in [0.5, 0.6) is 0 Å². The van der Waals surface area contributed by atoms with E-state index in [2.05, 4.69) is 10.3 Å². The largest absolute Gasteiger partial charge is 0.460 e. The van der Waals surface area contributed by atoms with Crippen LogP contribution in [0, 0.1) is 5.41 Å². The molecule has 1 saturated carbocycles. The summed E-state index contributed by atoms with van der Waals surface area (Å²) in [6, 6.07) is 11.8. The van der Waals surface area contributed by atoms with Crippen molar-refractivity contribution < 1.29 is 28.4 Å². The van der Waals surface area contributed by atoms with Crippen LogP contribution in [0.3, 0.4) is 0 Å². The SMILES string of the molecule is CC(C)(C)OC(=O)C[C@H](CCCOCc1ccccc1)c1noc(-c2cc(C(O)C(C)(C)C)on2)c1C1CC1. The van der Waals surface area contributed by atoms with Gasteiger partial charge in [0.05, 0.1) is 18.7 Å². The van der Waals surface area contributed by atoms with Crippen molar-refractivity contribution in [3.05, 3.63) is 59.0 Å². The van der Waals surface area contributed by atoms with Crippen LogP contribution in [0.1, 0.15) is 114 Å². The first kappa shape index (κ1) is 29.0. The van der Waals surface area contributed by atoms with E-state index in [1.165, 1.54) is 0 Å². The number of aliphatic hydroxyl groups is 1. The van der Waals surface area contributed by atoms with E-state index < -0.39 is 17.1 Å². The maximum Gasteiger partial charge on any atom is 0.306 e. The number of hydrogen-bond acceptors (Lipinski definition) is 8. The lowest BCUT2D eigenvalue weighted by atomic mass is 9.87. The molecule has 1 fully saturated rings. The Kier molecular flexibility index (Phi) is 8.96. The summed E-state index contributed by atoms with van der Waals surface area (Å²) in [6.45, 7) is 12.5. The average Bonchev–Trinajstić information content (AvgIpc) is 3.41. The number of carbonyl (C=O) groups excluding carboxylic acids is 1. The Morgan fingerprint density at radius 2 is 1.79 bits per heavy atom. The molecule has 4 rings (SSSR count). The fraction of sp³-hybridized carbons (Fsp3) is 0.581. The number of nitrogens with zero attached hydrogens (tertiary/aromatic N) is 2. The van der Waals surface area contributed by atoms with Crippen molar-refractivity contribution in [2.45, 2.75) is 104 Å². The molecule has 1 aliphatic carbocycles. The molecule has 0 radical (unpaired) electrons. The second-order valence-corrected chi connectivity index (χ2v) is 12.6. The monoisotopic (exact) mass is 538 g/mol. The maximum absolute atomic E-state index is 12.9. The Bertz CT molecular complexity index is 1210. The lowest BCUT2D eigenvalue weighted by Gasteiger charge is -2.22. The number of aromatic nitrogens is 2. The van der Waals surface area contributed by atoms with Gasteiger partial charge in [-0.3, -0.25) is 4.79 Å². The zero-order valence-electron chi connectivity index (χ0n) is 24.0. The van der Waals surface area contributed by atoms with Gasteiger partial charge in [-0.25, -0.2) is 0 Å². The van der Waals surface area contributed by atoms with Gasteiger partial charge < -0.3 is 23.6 Å². The van der Waals surface area contributed by atoms with Gasteiger partial charge in [0.1, 0.15) is 11.7 Å². The molecule has 0 saturated heterocycles. The highest BCUT2D eigenvalue weighted by atomic mass is 16.6. The lowest BCUT2D eigenvalue weighted by Crippen LogP contribution is -2.25. The van der Waals surface area contributed by atoms with E-state index in [1.54, 1.807) is 6.07 Å². The molecule has 0 amide bonds. The van der Waals surface area contributed by atoms with Crippen molar-refractivity contribution >= 4 is 5.97 Å². The van der Waals surface area contributed by atoms with Gasteiger partial charge >= 0.3 is 5.97 Å². The molecule has 0 bridgehead atoms. The van der Waals surface area contributed by atoms with Crippen LogP contribution in [-0.2, 0) is 20.9 Å². The molecule has 2 aromatic heterocycles. The molecular formula is C31H42N2O6. The van der Waals surface area contributed by atoms with Crippen LogP contribution < -0.4 is 0 Å². The molecule has 39 heavy (non-hydrogen) atoms. The van der Waals surface area contributed by atoms with Gasteiger partial charge in [-0.05, 0) is 63.4 Å². The molecule has 2 atom stereocenters. The van der Waals surface area contributed by atoms with Gasteiger partial charge in [0.25, 0.3) is 0 Å². The summed E-state index contributed by atoms with van der Waals surface area (Å²) in [7, 11) is 0. The summed E-state index contributed by atoms with van der Waals surface area (Å²) < 4.78 is 22.9. The molecule has 0 aliphatic heterocycles. The van der Waals surface area contributed by atoms with Gasteiger partial charge in [-0.2, -0.15) is 0 Å². The van der Waals surface area contributed by atoms with Crippen LogP contribution in [-0.4, -0.2) is 33.6 Å². The van der Waals surface area contributed by atoms with Gasteiger partial charge in [-0.15, -0.1) is 0 Å². The van der Waals surface area contributed by atoms with E-state index in [4.69, 9.17) is 18.5 Å². The Labute approximate surface area is 231 Å². The summed E-state index contributed by atoms with van der Waals surface area (Å²) >= 11 is 0. The Morgan fingerprint density at radius 3 is 2.44 bits per heavy atom. The first-order valence-electron chi connectivity index (χ1n) is 13.9. The first-order chi connectivity index (χ1) is 18.4. The van der Waals surface area contributed by atoms with E-state index in [0.717, 1.165) is 36.1 Å². The minimum atomic E-state index is -0.804. The van der Waals surface area contributed by atoms with Crippen LogP contribution in [0.2, 0.25) is 0 Å².